The van der Waals surface area contributed by atoms with Gasteiger partial charge in [-0.15, -0.1) is 0 Å². The Morgan fingerprint density at radius 3 is 2.69 bits per heavy atom. The van der Waals surface area contributed by atoms with E-state index >= 15 is 0 Å². The van der Waals surface area contributed by atoms with Gasteiger partial charge in [-0.1, -0.05) is 12.1 Å². The van der Waals surface area contributed by atoms with Crippen molar-refractivity contribution >= 4 is 22.6 Å². The number of furan rings is 1. The smallest absolute Gasteiger partial charge is 0.416 e. The van der Waals surface area contributed by atoms with E-state index in [-0.39, 0.29) is 39.8 Å². The molecule has 0 aliphatic rings. The fourth-order valence-electron chi connectivity index (χ4n) is 2.31. The molecule has 0 saturated heterocycles. The predicted octanol–water partition coefficient (Wildman–Crippen LogP) is 5.78. The lowest BCUT2D eigenvalue weighted by molar-refractivity contribution is -0.137. The van der Waals surface area contributed by atoms with Gasteiger partial charge in [0.1, 0.15) is 17.8 Å². The molecule has 0 radical (unpaired) electrons. The Labute approximate surface area is 165 Å². The second-order valence-corrected chi connectivity index (χ2v) is 6.72. The van der Waals surface area contributed by atoms with Crippen molar-refractivity contribution in [1.29, 1.82) is 0 Å². The van der Waals surface area contributed by atoms with Crippen LogP contribution < -0.4 is 5.32 Å². The van der Waals surface area contributed by atoms with Crippen molar-refractivity contribution < 1.29 is 31.2 Å². The van der Waals surface area contributed by atoms with E-state index in [1.807, 2.05) is 0 Å². The summed E-state index contributed by atoms with van der Waals surface area (Å²) in [6.45, 7) is 1.25. The molecule has 11 heteroatoms. The van der Waals surface area contributed by atoms with Gasteiger partial charge in [0.05, 0.1) is 11.1 Å². The molecule has 2 heterocycles. The molecule has 1 amide bonds. The zero-order valence-corrected chi connectivity index (χ0v) is 15.5. The van der Waals surface area contributed by atoms with Crippen molar-refractivity contribution in [2.45, 2.75) is 19.5 Å². The van der Waals surface area contributed by atoms with Crippen molar-refractivity contribution in [2.24, 2.45) is 0 Å². The standard InChI is InChI=1S/C18H12F5N3O2S/c1-9(15(19)20)5-14-24-17(29-26-14)25-16(27)11-7-13(28-8-11)10-3-2-4-12(6-10)18(21,22)23/h2-4,6-8H,5H2,1H3,(H,24,25,26,27). The molecule has 0 fully saturated rings. The number of benzene rings is 1. The molecule has 0 saturated carbocycles. The van der Waals surface area contributed by atoms with Gasteiger partial charge in [-0.2, -0.15) is 26.3 Å². The Bertz CT molecular complexity index is 1070. The summed E-state index contributed by atoms with van der Waals surface area (Å²) in [5, 5.41) is 2.54. The molecule has 1 aromatic carbocycles. The molecule has 5 nitrogen and oxygen atoms in total. The number of hydrogen-bond donors (Lipinski definition) is 1. The summed E-state index contributed by atoms with van der Waals surface area (Å²) >= 11 is 0.818. The topological polar surface area (TPSA) is 68.0 Å². The maximum Gasteiger partial charge on any atom is 0.416 e. The predicted molar refractivity (Wildman–Crippen MR) is 95.6 cm³/mol. The number of rotatable bonds is 5. The van der Waals surface area contributed by atoms with E-state index in [4.69, 9.17) is 4.42 Å². The van der Waals surface area contributed by atoms with Gasteiger partial charge in [0.25, 0.3) is 12.0 Å². The number of hydrogen-bond acceptors (Lipinski definition) is 5. The van der Waals surface area contributed by atoms with E-state index in [0.29, 0.717) is 0 Å². The van der Waals surface area contributed by atoms with E-state index in [1.165, 1.54) is 25.1 Å². The number of alkyl halides is 3. The molecule has 0 atom stereocenters. The van der Waals surface area contributed by atoms with Crippen LogP contribution in [0.3, 0.4) is 0 Å². The quantitative estimate of drug-likeness (QED) is 0.522. The molecular weight excluding hydrogens is 417 g/mol. The van der Waals surface area contributed by atoms with Gasteiger partial charge in [0, 0.05) is 23.5 Å². The minimum atomic E-state index is -4.50. The summed E-state index contributed by atoms with van der Waals surface area (Å²) in [5.74, 6) is -0.413. The average molecular weight is 429 g/mol. The number of aromatic nitrogens is 2. The van der Waals surface area contributed by atoms with Crippen LogP contribution in [0.1, 0.15) is 28.7 Å². The average Bonchev–Trinajstić information content (AvgIpc) is 3.31. The second-order valence-electron chi connectivity index (χ2n) is 5.97. The molecule has 3 rings (SSSR count). The first-order valence-corrected chi connectivity index (χ1v) is 8.81. The van der Waals surface area contributed by atoms with Crippen LogP contribution in [0.4, 0.5) is 27.1 Å². The summed E-state index contributed by atoms with van der Waals surface area (Å²) < 4.78 is 72.5. The van der Waals surface area contributed by atoms with Crippen LogP contribution in [0.2, 0.25) is 0 Å². The SMILES string of the molecule is CC(Cc1nsc(NC(=O)c2coc(-c3cccc(C(F)(F)F)c3)c2)n1)=C(F)F. The van der Waals surface area contributed by atoms with Crippen molar-refractivity contribution in [3.63, 3.8) is 0 Å². The van der Waals surface area contributed by atoms with Crippen molar-refractivity contribution in [1.82, 2.24) is 9.36 Å². The molecule has 2 aromatic heterocycles. The highest BCUT2D eigenvalue weighted by Gasteiger charge is 2.30. The summed E-state index contributed by atoms with van der Waals surface area (Å²) in [5.41, 5.74) is -0.804. The first kappa shape index (κ1) is 20.6. The highest BCUT2D eigenvalue weighted by molar-refractivity contribution is 7.09. The van der Waals surface area contributed by atoms with E-state index in [2.05, 4.69) is 14.7 Å². The van der Waals surface area contributed by atoms with Gasteiger partial charge in [0.2, 0.25) is 5.13 Å². The van der Waals surface area contributed by atoms with Gasteiger partial charge in [0.15, 0.2) is 0 Å². The summed E-state index contributed by atoms with van der Waals surface area (Å²) in [6.07, 6.45) is -5.37. The lowest BCUT2D eigenvalue weighted by Gasteiger charge is -2.07. The Hall–Kier alpha value is -3.08. The zero-order chi connectivity index (χ0) is 21.2. The van der Waals surface area contributed by atoms with Crippen molar-refractivity contribution in [3.8, 4) is 11.3 Å². The normalized spacial score (nSPS) is 11.4. The Morgan fingerprint density at radius 2 is 2.00 bits per heavy atom. The molecule has 0 bridgehead atoms. The molecule has 0 aliphatic heterocycles. The third-order valence-electron chi connectivity index (χ3n) is 3.77. The van der Waals surface area contributed by atoms with E-state index in [9.17, 15) is 26.7 Å². The first-order chi connectivity index (χ1) is 13.6. The number of allylic oxidation sites excluding steroid dienone is 1. The second kappa shape index (κ2) is 8.11. The maximum absolute atomic E-state index is 12.8. The fourth-order valence-corrected chi connectivity index (χ4v) is 2.89. The molecule has 0 spiro atoms. The minimum absolute atomic E-state index is 0.0556. The largest absolute Gasteiger partial charge is 0.464 e. The molecule has 0 unspecified atom stereocenters. The molecule has 3 aromatic rings. The lowest BCUT2D eigenvalue weighted by atomic mass is 10.1. The van der Waals surface area contributed by atoms with Crippen LogP contribution in [-0.2, 0) is 12.6 Å². The number of anilines is 1. The maximum atomic E-state index is 12.8. The molecule has 152 valence electrons. The van der Waals surface area contributed by atoms with E-state index in [1.54, 1.807) is 0 Å². The van der Waals surface area contributed by atoms with Crippen LogP contribution in [0, 0.1) is 0 Å². The third-order valence-corrected chi connectivity index (χ3v) is 4.44. The van der Waals surface area contributed by atoms with Crippen LogP contribution in [0.25, 0.3) is 11.3 Å². The highest BCUT2D eigenvalue weighted by Crippen LogP contribution is 2.32. The summed E-state index contributed by atoms with van der Waals surface area (Å²) in [6, 6.07) is 5.79. The zero-order valence-electron chi connectivity index (χ0n) is 14.7. The van der Waals surface area contributed by atoms with E-state index in [0.717, 1.165) is 29.9 Å². The van der Waals surface area contributed by atoms with Crippen LogP contribution in [0.15, 0.2) is 52.7 Å². The van der Waals surface area contributed by atoms with Gasteiger partial charge in [-0.25, -0.2) is 4.98 Å². The Morgan fingerprint density at radius 1 is 1.24 bits per heavy atom. The number of halogens is 5. The molecule has 1 N–H and O–H groups in total. The van der Waals surface area contributed by atoms with Crippen LogP contribution >= 0.6 is 11.5 Å². The van der Waals surface area contributed by atoms with Crippen molar-refractivity contribution in [3.05, 3.63) is 65.2 Å². The van der Waals surface area contributed by atoms with Gasteiger partial charge in [-0.05, 0) is 30.7 Å². The van der Waals surface area contributed by atoms with Crippen LogP contribution in [-0.4, -0.2) is 15.3 Å². The number of carbonyl (C=O) groups excluding carboxylic acids is 1. The fraction of sp³-hybridized carbons (Fsp3) is 0.167. The molecule has 29 heavy (non-hydrogen) atoms. The van der Waals surface area contributed by atoms with E-state index < -0.39 is 23.7 Å². The monoisotopic (exact) mass is 429 g/mol. The summed E-state index contributed by atoms with van der Waals surface area (Å²) in [4.78, 5) is 16.2. The number of carbonyl (C=O) groups is 1. The number of nitrogens with zero attached hydrogens (tertiary/aromatic N) is 2. The van der Waals surface area contributed by atoms with Gasteiger partial charge in [-0.3, -0.25) is 10.1 Å². The first-order valence-electron chi connectivity index (χ1n) is 8.04. The highest BCUT2D eigenvalue weighted by atomic mass is 32.1. The van der Waals surface area contributed by atoms with Gasteiger partial charge < -0.3 is 4.42 Å². The van der Waals surface area contributed by atoms with Crippen molar-refractivity contribution in [2.75, 3.05) is 5.32 Å². The third kappa shape index (κ3) is 5.05. The Kier molecular flexibility index (Phi) is 5.78. The van der Waals surface area contributed by atoms with Gasteiger partial charge >= 0.3 is 6.18 Å². The number of nitrogens with one attached hydrogen (secondary N) is 1. The van der Waals surface area contributed by atoms with Crippen LogP contribution in [0.5, 0.6) is 0 Å². The molecular formula is C18H12F5N3O2S. The minimum Gasteiger partial charge on any atom is -0.464 e. The molecule has 0 aliphatic carbocycles. The number of amides is 1. The summed E-state index contributed by atoms with van der Waals surface area (Å²) in [7, 11) is 0. The Balaban J connectivity index is 1.72. The lowest BCUT2D eigenvalue weighted by Crippen LogP contribution is -2.10.